The molecule has 0 aliphatic rings. The van der Waals surface area contributed by atoms with Crippen molar-refractivity contribution in [1.29, 1.82) is 10.5 Å². The molecule has 15 heavy (non-hydrogen) atoms. The van der Waals surface area contributed by atoms with Crippen molar-refractivity contribution in [2.45, 2.75) is 0 Å². The van der Waals surface area contributed by atoms with Crippen LogP contribution >= 0.6 is 27.5 Å². The second-order valence-corrected chi connectivity index (χ2v) is 3.83. The highest BCUT2D eigenvalue weighted by Crippen LogP contribution is 2.34. The van der Waals surface area contributed by atoms with Gasteiger partial charge in [-0.15, -0.1) is 0 Å². The number of benzene rings is 1. The van der Waals surface area contributed by atoms with E-state index in [-0.39, 0.29) is 21.9 Å². The zero-order valence-corrected chi connectivity index (χ0v) is 9.67. The number of hydrogen-bond donors (Lipinski definition) is 1. The Morgan fingerprint density at radius 2 is 2.00 bits per heavy atom. The normalized spacial score (nSPS) is 8.80. The third kappa shape index (κ3) is 2.50. The first-order chi connectivity index (χ1) is 7.10. The zero-order valence-electron chi connectivity index (χ0n) is 7.33. The Bertz CT molecular complexity index is 495. The molecule has 0 heterocycles. The highest BCUT2D eigenvalue weighted by Gasteiger charge is 2.08. The Morgan fingerprint density at radius 3 is 2.53 bits per heavy atom. The molecule has 1 rings (SSSR count). The average molecular weight is 284 g/mol. The van der Waals surface area contributed by atoms with Crippen LogP contribution in [-0.4, -0.2) is 5.11 Å². The molecule has 0 spiro atoms. The van der Waals surface area contributed by atoms with Crippen molar-refractivity contribution in [2.24, 2.45) is 0 Å². The molecule has 0 radical (unpaired) electrons. The fraction of sp³-hybridized carbons (Fsp3) is 0. The maximum Gasteiger partial charge on any atom is 0.138 e. The summed E-state index contributed by atoms with van der Waals surface area (Å²) in [4.78, 5) is 0. The van der Waals surface area contributed by atoms with Crippen molar-refractivity contribution in [3.63, 3.8) is 0 Å². The highest BCUT2D eigenvalue weighted by atomic mass is 79.9. The lowest BCUT2D eigenvalue weighted by atomic mass is 10.1. The topological polar surface area (TPSA) is 67.8 Å². The van der Waals surface area contributed by atoms with Gasteiger partial charge in [0.05, 0.1) is 9.50 Å². The van der Waals surface area contributed by atoms with E-state index in [9.17, 15) is 5.11 Å². The van der Waals surface area contributed by atoms with E-state index >= 15 is 0 Å². The van der Waals surface area contributed by atoms with Crippen LogP contribution in [-0.2, 0) is 0 Å². The minimum Gasteiger partial charge on any atom is -0.506 e. The molecule has 0 bridgehead atoms. The Hall–Kier alpha value is -1.49. The predicted molar refractivity (Wildman–Crippen MR) is 60.0 cm³/mol. The van der Waals surface area contributed by atoms with Crippen molar-refractivity contribution in [1.82, 2.24) is 0 Å². The SMILES string of the molecule is N#CC(C#N)=Cc1c(Cl)ccc(Br)c1O. The molecule has 0 saturated heterocycles. The second kappa shape index (κ2) is 4.84. The molecule has 0 unspecified atom stereocenters. The molecule has 74 valence electrons. The van der Waals surface area contributed by atoms with Crippen molar-refractivity contribution >= 4 is 33.6 Å². The Labute approximate surface area is 100.0 Å². The summed E-state index contributed by atoms with van der Waals surface area (Å²) in [6.07, 6.45) is 1.24. The van der Waals surface area contributed by atoms with Crippen LogP contribution in [0.2, 0.25) is 5.02 Å². The Morgan fingerprint density at radius 1 is 1.40 bits per heavy atom. The number of nitrogens with zero attached hydrogens (tertiary/aromatic N) is 2. The summed E-state index contributed by atoms with van der Waals surface area (Å²) in [5, 5.41) is 27.0. The Balaban J connectivity index is 3.40. The molecule has 3 nitrogen and oxygen atoms in total. The van der Waals surface area contributed by atoms with Gasteiger partial charge >= 0.3 is 0 Å². The number of aromatic hydroxyl groups is 1. The van der Waals surface area contributed by atoms with Crippen LogP contribution in [0.25, 0.3) is 6.08 Å². The zero-order chi connectivity index (χ0) is 11.4. The van der Waals surface area contributed by atoms with E-state index in [1.54, 1.807) is 24.3 Å². The maximum atomic E-state index is 9.62. The molecule has 0 fully saturated rings. The lowest BCUT2D eigenvalue weighted by molar-refractivity contribution is 0.470. The largest absolute Gasteiger partial charge is 0.506 e. The molecule has 0 aromatic heterocycles. The standard InChI is InChI=1S/C10H4BrClN2O/c11-8-1-2-9(12)7(10(8)15)3-6(4-13)5-14/h1-3,15H. The summed E-state index contributed by atoms with van der Waals surface area (Å²) in [6, 6.07) is 6.51. The number of phenolic OH excluding ortho intramolecular Hbond substituents is 1. The van der Waals surface area contributed by atoms with Gasteiger partial charge in [-0.3, -0.25) is 0 Å². The number of hydrogen-bond acceptors (Lipinski definition) is 3. The van der Waals surface area contributed by atoms with E-state index in [0.29, 0.717) is 4.47 Å². The molecule has 0 saturated carbocycles. The lowest BCUT2D eigenvalue weighted by Gasteiger charge is -2.03. The summed E-state index contributed by atoms with van der Waals surface area (Å²) >= 11 is 8.93. The van der Waals surface area contributed by atoms with E-state index in [0.717, 1.165) is 0 Å². The van der Waals surface area contributed by atoms with Crippen LogP contribution < -0.4 is 0 Å². The number of nitriles is 2. The summed E-state index contributed by atoms with van der Waals surface area (Å²) in [5.41, 5.74) is 0.134. The van der Waals surface area contributed by atoms with Crippen LogP contribution in [0.15, 0.2) is 22.2 Å². The number of halogens is 2. The molecular formula is C10H4BrClN2O. The second-order valence-electron chi connectivity index (χ2n) is 2.57. The summed E-state index contributed by atoms with van der Waals surface area (Å²) < 4.78 is 0.452. The van der Waals surface area contributed by atoms with Crippen molar-refractivity contribution in [2.75, 3.05) is 0 Å². The van der Waals surface area contributed by atoms with E-state index in [4.69, 9.17) is 22.1 Å². The number of phenols is 1. The maximum absolute atomic E-state index is 9.62. The van der Waals surface area contributed by atoms with Crippen LogP contribution in [0.5, 0.6) is 5.75 Å². The van der Waals surface area contributed by atoms with E-state index < -0.39 is 0 Å². The van der Waals surface area contributed by atoms with Crippen LogP contribution in [0, 0.1) is 22.7 Å². The van der Waals surface area contributed by atoms with Crippen molar-refractivity contribution < 1.29 is 5.11 Å². The van der Waals surface area contributed by atoms with Gasteiger partial charge in [-0.05, 0) is 34.1 Å². The smallest absolute Gasteiger partial charge is 0.138 e. The molecule has 1 aromatic rings. The number of rotatable bonds is 1. The van der Waals surface area contributed by atoms with Gasteiger partial charge in [-0.1, -0.05) is 11.6 Å². The monoisotopic (exact) mass is 282 g/mol. The first-order valence-corrected chi connectivity index (χ1v) is 4.96. The summed E-state index contributed by atoms with van der Waals surface area (Å²) in [5.74, 6) is -0.0921. The average Bonchev–Trinajstić information content (AvgIpc) is 2.24. The molecule has 1 aromatic carbocycles. The third-order valence-corrected chi connectivity index (χ3v) is 2.61. The molecule has 0 aliphatic carbocycles. The van der Waals surface area contributed by atoms with Crippen LogP contribution in [0.4, 0.5) is 0 Å². The third-order valence-electron chi connectivity index (χ3n) is 1.64. The molecule has 1 N–H and O–H groups in total. The van der Waals surface area contributed by atoms with E-state index in [1.807, 2.05) is 0 Å². The summed E-state index contributed by atoms with van der Waals surface area (Å²) in [6.45, 7) is 0. The first kappa shape index (κ1) is 11.6. The van der Waals surface area contributed by atoms with Gasteiger partial charge < -0.3 is 5.11 Å². The fourth-order valence-corrected chi connectivity index (χ4v) is 1.48. The Kier molecular flexibility index (Phi) is 3.74. The van der Waals surface area contributed by atoms with Gasteiger partial charge in [-0.25, -0.2) is 0 Å². The van der Waals surface area contributed by atoms with Crippen LogP contribution in [0.3, 0.4) is 0 Å². The van der Waals surface area contributed by atoms with E-state index in [2.05, 4.69) is 15.9 Å². The fourth-order valence-electron chi connectivity index (χ4n) is 0.928. The lowest BCUT2D eigenvalue weighted by Crippen LogP contribution is -1.81. The molecule has 0 amide bonds. The predicted octanol–water partition coefficient (Wildman–Crippen LogP) is 3.24. The van der Waals surface area contributed by atoms with Gasteiger partial charge in [-0.2, -0.15) is 10.5 Å². The first-order valence-electron chi connectivity index (χ1n) is 3.79. The van der Waals surface area contributed by atoms with Crippen molar-refractivity contribution in [3.05, 3.63) is 32.8 Å². The van der Waals surface area contributed by atoms with Gasteiger partial charge in [0.15, 0.2) is 0 Å². The van der Waals surface area contributed by atoms with Gasteiger partial charge in [0.2, 0.25) is 0 Å². The van der Waals surface area contributed by atoms with Gasteiger partial charge in [0, 0.05) is 5.56 Å². The minimum absolute atomic E-state index is 0.0921. The molecule has 0 atom stereocenters. The number of allylic oxidation sites excluding steroid dienone is 1. The summed E-state index contributed by atoms with van der Waals surface area (Å²) in [7, 11) is 0. The molecule has 0 aliphatic heterocycles. The molecule has 5 heteroatoms. The van der Waals surface area contributed by atoms with Gasteiger partial charge in [0.1, 0.15) is 23.5 Å². The van der Waals surface area contributed by atoms with Gasteiger partial charge in [0.25, 0.3) is 0 Å². The quantitative estimate of drug-likeness (QED) is 0.804. The van der Waals surface area contributed by atoms with Crippen molar-refractivity contribution in [3.8, 4) is 17.9 Å². The van der Waals surface area contributed by atoms with E-state index in [1.165, 1.54) is 6.08 Å². The van der Waals surface area contributed by atoms with Crippen LogP contribution in [0.1, 0.15) is 5.56 Å². The highest BCUT2D eigenvalue weighted by molar-refractivity contribution is 9.10. The minimum atomic E-state index is -0.120. The molecular weight excluding hydrogens is 279 g/mol.